The van der Waals surface area contributed by atoms with Crippen LogP contribution in [0.15, 0.2) is 0 Å². The Bertz CT molecular complexity index is 229. The van der Waals surface area contributed by atoms with Crippen LogP contribution >= 0.6 is 0 Å². The highest BCUT2D eigenvalue weighted by atomic mass is 16.5. The maximum atomic E-state index is 11.8. The molecule has 0 spiro atoms. The van der Waals surface area contributed by atoms with Gasteiger partial charge >= 0.3 is 0 Å². The van der Waals surface area contributed by atoms with E-state index in [-0.39, 0.29) is 24.6 Å². The van der Waals surface area contributed by atoms with Gasteiger partial charge in [-0.25, -0.2) is 0 Å². The Morgan fingerprint density at radius 3 is 2.93 bits per heavy atom. The fourth-order valence-electron chi connectivity index (χ4n) is 2.27. The van der Waals surface area contributed by atoms with Crippen LogP contribution in [0.2, 0.25) is 0 Å². The summed E-state index contributed by atoms with van der Waals surface area (Å²) in [6, 6.07) is 0.224. The van der Waals surface area contributed by atoms with E-state index in [2.05, 4.69) is 0 Å². The molecule has 0 radical (unpaired) electrons. The number of carbonyl (C=O) groups excluding carboxylic acids is 1. The highest BCUT2D eigenvalue weighted by molar-refractivity contribution is 5.78. The van der Waals surface area contributed by atoms with Crippen LogP contribution in [0.4, 0.5) is 0 Å². The molecular formula is C10H18N2O3. The number of hydrogen-bond donors (Lipinski definition) is 1. The summed E-state index contributed by atoms with van der Waals surface area (Å²) in [6.07, 6.45) is 2.04. The number of nitrogens with zero attached hydrogens (tertiary/aromatic N) is 1. The largest absolute Gasteiger partial charge is 0.379 e. The Hall–Kier alpha value is -0.650. The second-order valence-electron chi connectivity index (χ2n) is 4.08. The van der Waals surface area contributed by atoms with Gasteiger partial charge in [0.25, 0.3) is 0 Å². The molecule has 0 aromatic rings. The van der Waals surface area contributed by atoms with E-state index in [0.717, 1.165) is 19.4 Å². The molecule has 2 aliphatic heterocycles. The molecule has 15 heavy (non-hydrogen) atoms. The maximum absolute atomic E-state index is 11.8. The Kier molecular flexibility index (Phi) is 3.56. The van der Waals surface area contributed by atoms with E-state index in [0.29, 0.717) is 19.8 Å². The highest BCUT2D eigenvalue weighted by Crippen LogP contribution is 2.19. The lowest BCUT2D eigenvalue weighted by Gasteiger charge is -2.41. The molecule has 2 rings (SSSR count). The van der Waals surface area contributed by atoms with Gasteiger partial charge in [0.2, 0.25) is 5.91 Å². The Morgan fingerprint density at radius 2 is 2.27 bits per heavy atom. The molecule has 2 N–H and O–H groups in total. The molecule has 0 aromatic heterocycles. The average molecular weight is 214 g/mol. The van der Waals surface area contributed by atoms with Crippen molar-refractivity contribution in [3.05, 3.63) is 0 Å². The molecule has 5 nitrogen and oxygen atoms in total. The van der Waals surface area contributed by atoms with Gasteiger partial charge in [-0.05, 0) is 12.8 Å². The molecule has 86 valence electrons. The summed E-state index contributed by atoms with van der Waals surface area (Å²) in [7, 11) is 0. The minimum atomic E-state index is 0.0259. The van der Waals surface area contributed by atoms with Crippen molar-refractivity contribution in [2.45, 2.75) is 24.9 Å². The van der Waals surface area contributed by atoms with Crippen molar-refractivity contribution in [2.24, 2.45) is 5.73 Å². The maximum Gasteiger partial charge on any atom is 0.249 e. The molecular weight excluding hydrogens is 196 g/mol. The highest BCUT2D eigenvalue weighted by Gasteiger charge is 2.34. The second kappa shape index (κ2) is 4.92. The first-order chi connectivity index (χ1) is 7.33. The van der Waals surface area contributed by atoms with Gasteiger partial charge in [0.15, 0.2) is 0 Å². The first-order valence-corrected chi connectivity index (χ1v) is 5.49. The zero-order valence-corrected chi connectivity index (χ0v) is 8.85. The molecule has 0 bridgehead atoms. The predicted molar refractivity (Wildman–Crippen MR) is 54.3 cm³/mol. The first kappa shape index (κ1) is 10.9. The van der Waals surface area contributed by atoms with Crippen LogP contribution < -0.4 is 5.73 Å². The van der Waals surface area contributed by atoms with Crippen molar-refractivity contribution in [1.29, 1.82) is 0 Å². The quantitative estimate of drug-likeness (QED) is 0.663. The van der Waals surface area contributed by atoms with Gasteiger partial charge in [-0.15, -0.1) is 0 Å². The Balaban J connectivity index is 2.03. The number of hydrogen-bond acceptors (Lipinski definition) is 4. The van der Waals surface area contributed by atoms with Crippen LogP contribution in [-0.4, -0.2) is 55.9 Å². The van der Waals surface area contributed by atoms with Gasteiger partial charge in [-0.1, -0.05) is 0 Å². The lowest BCUT2D eigenvalue weighted by atomic mass is 10.0. The Labute approximate surface area is 89.5 Å². The predicted octanol–water partition coefficient (Wildman–Crippen LogP) is -0.649. The number of amides is 1. The number of rotatable bonds is 2. The van der Waals surface area contributed by atoms with Crippen LogP contribution in [-0.2, 0) is 14.3 Å². The zero-order valence-electron chi connectivity index (χ0n) is 8.85. The minimum Gasteiger partial charge on any atom is -0.379 e. The summed E-state index contributed by atoms with van der Waals surface area (Å²) in [5.74, 6) is 0.0483. The van der Waals surface area contributed by atoms with Crippen molar-refractivity contribution < 1.29 is 14.3 Å². The zero-order chi connectivity index (χ0) is 10.7. The number of nitrogens with two attached hydrogens (primary N) is 1. The molecule has 2 saturated heterocycles. The van der Waals surface area contributed by atoms with Gasteiger partial charge in [-0.2, -0.15) is 0 Å². The monoisotopic (exact) mass is 214 g/mol. The molecule has 2 atom stereocenters. The summed E-state index contributed by atoms with van der Waals surface area (Å²) < 4.78 is 10.6. The number of morpholine rings is 1. The van der Waals surface area contributed by atoms with E-state index in [9.17, 15) is 4.79 Å². The number of ether oxygens (including phenoxy) is 2. The lowest BCUT2D eigenvalue weighted by molar-refractivity contribution is -0.155. The summed E-state index contributed by atoms with van der Waals surface area (Å²) in [4.78, 5) is 13.6. The van der Waals surface area contributed by atoms with E-state index < -0.39 is 0 Å². The van der Waals surface area contributed by atoms with Gasteiger partial charge in [0.1, 0.15) is 6.61 Å². The molecule has 2 heterocycles. The smallest absolute Gasteiger partial charge is 0.249 e. The fourth-order valence-corrected chi connectivity index (χ4v) is 2.27. The molecule has 1 amide bonds. The molecule has 0 aromatic carbocycles. The molecule has 5 heteroatoms. The van der Waals surface area contributed by atoms with Crippen LogP contribution in [0.3, 0.4) is 0 Å². The number of carbonyl (C=O) groups is 1. The van der Waals surface area contributed by atoms with Crippen molar-refractivity contribution in [3.8, 4) is 0 Å². The molecule has 0 saturated carbocycles. The van der Waals surface area contributed by atoms with Crippen molar-refractivity contribution >= 4 is 5.91 Å². The summed E-state index contributed by atoms with van der Waals surface area (Å²) in [5, 5.41) is 0. The summed E-state index contributed by atoms with van der Waals surface area (Å²) in [5.41, 5.74) is 5.65. The first-order valence-electron chi connectivity index (χ1n) is 5.49. The second-order valence-corrected chi connectivity index (χ2v) is 4.08. The summed E-state index contributed by atoms with van der Waals surface area (Å²) in [6.45, 7) is 2.65. The van der Waals surface area contributed by atoms with Crippen molar-refractivity contribution in [3.63, 3.8) is 0 Å². The average Bonchev–Trinajstić information content (AvgIpc) is 2.29. The molecule has 0 aliphatic carbocycles. The molecule has 2 fully saturated rings. The third-order valence-corrected chi connectivity index (χ3v) is 3.02. The van der Waals surface area contributed by atoms with E-state index in [4.69, 9.17) is 15.2 Å². The van der Waals surface area contributed by atoms with E-state index in [1.807, 2.05) is 4.90 Å². The van der Waals surface area contributed by atoms with Crippen LogP contribution in [0.5, 0.6) is 0 Å². The van der Waals surface area contributed by atoms with Crippen molar-refractivity contribution in [1.82, 2.24) is 4.90 Å². The van der Waals surface area contributed by atoms with Gasteiger partial charge in [-0.3, -0.25) is 4.79 Å². The molecule has 2 unspecified atom stereocenters. The third kappa shape index (κ3) is 2.30. The van der Waals surface area contributed by atoms with Gasteiger partial charge in [0.05, 0.1) is 25.3 Å². The van der Waals surface area contributed by atoms with Crippen LogP contribution in [0.1, 0.15) is 12.8 Å². The topological polar surface area (TPSA) is 64.8 Å². The van der Waals surface area contributed by atoms with Crippen molar-refractivity contribution in [2.75, 3.05) is 33.0 Å². The lowest BCUT2D eigenvalue weighted by Crippen LogP contribution is -2.58. The SMILES string of the molecule is NCC1COCC(=O)N1C1CCCOC1. The Morgan fingerprint density at radius 1 is 1.40 bits per heavy atom. The fraction of sp³-hybridized carbons (Fsp3) is 0.900. The van der Waals surface area contributed by atoms with Gasteiger partial charge < -0.3 is 20.1 Å². The molecule has 2 aliphatic rings. The van der Waals surface area contributed by atoms with E-state index in [1.54, 1.807) is 0 Å². The van der Waals surface area contributed by atoms with Crippen LogP contribution in [0, 0.1) is 0 Å². The van der Waals surface area contributed by atoms with E-state index >= 15 is 0 Å². The third-order valence-electron chi connectivity index (χ3n) is 3.02. The minimum absolute atomic E-state index is 0.0259. The summed E-state index contributed by atoms with van der Waals surface area (Å²) >= 11 is 0. The van der Waals surface area contributed by atoms with Gasteiger partial charge in [0, 0.05) is 13.2 Å². The van der Waals surface area contributed by atoms with Crippen LogP contribution in [0.25, 0.3) is 0 Å². The standard InChI is InChI=1S/C10H18N2O3/c11-4-9-6-15-7-10(13)12(9)8-2-1-3-14-5-8/h8-9H,1-7,11H2. The van der Waals surface area contributed by atoms with E-state index in [1.165, 1.54) is 0 Å². The normalized spacial score (nSPS) is 33.1.